The first-order valence-corrected chi connectivity index (χ1v) is 4.67. The van der Waals surface area contributed by atoms with Crippen LogP contribution in [0.25, 0.3) is 0 Å². The number of esters is 1. The van der Waals surface area contributed by atoms with E-state index in [0.29, 0.717) is 0 Å². The molecule has 0 atom stereocenters. The molecule has 0 N–H and O–H groups in total. The van der Waals surface area contributed by atoms with E-state index in [9.17, 15) is 44.3 Å². The molecule has 0 aromatic carbocycles. The lowest BCUT2D eigenvalue weighted by Gasteiger charge is -2.33. The van der Waals surface area contributed by atoms with E-state index in [1.807, 2.05) is 0 Å². The maximum Gasteiger partial charge on any atom is 0.460 e. The highest BCUT2D eigenvalue weighted by Gasteiger charge is 2.81. The van der Waals surface area contributed by atoms with Gasteiger partial charge in [-0.15, -0.1) is 0 Å². The Bertz CT molecular complexity index is 372. The number of carbonyl (C=O) groups is 1. The van der Waals surface area contributed by atoms with Crippen LogP contribution in [-0.2, 0) is 9.53 Å². The van der Waals surface area contributed by atoms with Crippen molar-refractivity contribution in [1.29, 1.82) is 0 Å². The van der Waals surface area contributed by atoms with E-state index in [2.05, 4.69) is 11.3 Å². The van der Waals surface area contributed by atoms with Crippen LogP contribution >= 0.6 is 0 Å². The minimum Gasteiger partial charge on any atom is -0.461 e. The summed E-state index contributed by atoms with van der Waals surface area (Å²) in [5.41, 5.74) is 0. The predicted octanol–water partition coefficient (Wildman–Crippen LogP) is 3.57. The first kappa shape index (κ1) is 18.6. The molecule has 0 rings (SSSR count). The summed E-state index contributed by atoms with van der Waals surface area (Å²) < 4.78 is 115. The van der Waals surface area contributed by atoms with Crippen LogP contribution in [0.1, 0.15) is 6.42 Å². The van der Waals surface area contributed by atoms with Crippen molar-refractivity contribution in [3.63, 3.8) is 0 Å². The number of alkyl halides is 9. The molecular weight excluding hydrogens is 311 g/mol. The average Bonchev–Trinajstić information content (AvgIpc) is 2.23. The van der Waals surface area contributed by atoms with Gasteiger partial charge in [0.2, 0.25) is 0 Å². The molecule has 0 saturated heterocycles. The SMILES string of the molecule is C=CCOC(=O)CC(F)(F)C(F)(F)C(F)(F)C(F)(F)F. The molecule has 0 aliphatic rings. The van der Waals surface area contributed by atoms with Crippen molar-refractivity contribution >= 4 is 5.97 Å². The molecular formula is C9H7F9O2. The summed E-state index contributed by atoms with van der Waals surface area (Å²) in [6, 6.07) is 0. The summed E-state index contributed by atoms with van der Waals surface area (Å²) in [5, 5.41) is 0. The second kappa shape index (κ2) is 5.52. The minimum absolute atomic E-state index is 0.698. The first-order chi connectivity index (χ1) is 8.70. The highest BCUT2D eigenvalue weighted by atomic mass is 19.4. The Kier molecular flexibility index (Phi) is 5.13. The van der Waals surface area contributed by atoms with E-state index in [-0.39, 0.29) is 0 Å². The molecule has 0 spiro atoms. The van der Waals surface area contributed by atoms with Crippen LogP contribution in [-0.4, -0.2) is 36.5 Å². The number of halogens is 9. The van der Waals surface area contributed by atoms with Crippen molar-refractivity contribution in [2.24, 2.45) is 0 Å². The largest absolute Gasteiger partial charge is 0.461 e. The van der Waals surface area contributed by atoms with Gasteiger partial charge in [0.05, 0.1) is 0 Å². The highest BCUT2D eigenvalue weighted by molar-refractivity contribution is 5.70. The molecule has 20 heavy (non-hydrogen) atoms. The maximum absolute atomic E-state index is 12.8. The third-order valence-corrected chi connectivity index (χ3v) is 1.94. The summed E-state index contributed by atoms with van der Waals surface area (Å²) in [6.45, 7) is 2.27. The zero-order chi connectivity index (χ0) is 16.4. The molecule has 0 aliphatic carbocycles. The Labute approximate surface area is 106 Å². The number of ether oxygens (including phenoxy) is 1. The van der Waals surface area contributed by atoms with Crippen molar-refractivity contribution in [2.75, 3.05) is 6.61 Å². The lowest BCUT2D eigenvalue weighted by atomic mass is 10.0. The van der Waals surface area contributed by atoms with Gasteiger partial charge in [-0.25, -0.2) is 0 Å². The number of hydrogen-bond acceptors (Lipinski definition) is 2. The summed E-state index contributed by atoms with van der Waals surface area (Å²) >= 11 is 0. The van der Waals surface area contributed by atoms with Gasteiger partial charge in [0.15, 0.2) is 0 Å². The predicted molar refractivity (Wildman–Crippen MR) is 46.7 cm³/mol. The third-order valence-electron chi connectivity index (χ3n) is 1.94. The zero-order valence-electron chi connectivity index (χ0n) is 9.42. The number of carbonyl (C=O) groups excluding carboxylic acids is 1. The summed E-state index contributed by atoms with van der Waals surface area (Å²) in [5.74, 6) is -21.9. The molecule has 0 aliphatic heterocycles. The lowest BCUT2D eigenvalue weighted by molar-refractivity contribution is -0.395. The minimum atomic E-state index is -7.01. The summed E-state index contributed by atoms with van der Waals surface area (Å²) in [4.78, 5) is 10.6. The standard InChI is InChI=1S/C9H7F9O2/c1-2-3-20-5(19)4-6(10,11)7(12,13)8(14,15)9(16,17)18/h2H,1,3-4H2. The smallest absolute Gasteiger partial charge is 0.460 e. The van der Waals surface area contributed by atoms with Crippen LogP contribution in [0.3, 0.4) is 0 Å². The van der Waals surface area contributed by atoms with Crippen LogP contribution in [0.15, 0.2) is 12.7 Å². The molecule has 0 amide bonds. The van der Waals surface area contributed by atoms with Crippen LogP contribution in [0, 0.1) is 0 Å². The quantitative estimate of drug-likeness (QED) is 0.425. The second-order valence-electron chi connectivity index (χ2n) is 3.50. The van der Waals surface area contributed by atoms with Gasteiger partial charge in [-0.1, -0.05) is 12.7 Å². The van der Waals surface area contributed by atoms with E-state index in [4.69, 9.17) is 0 Å². The Hall–Kier alpha value is -1.42. The van der Waals surface area contributed by atoms with Gasteiger partial charge in [-0.2, -0.15) is 39.5 Å². The van der Waals surface area contributed by atoms with Gasteiger partial charge in [0, 0.05) is 0 Å². The topological polar surface area (TPSA) is 26.3 Å². The van der Waals surface area contributed by atoms with E-state index in [0.717, 1.165) is 6.08 Å². The Morgan fingerprint density at radius 3 is 1.75 bits per heavy atom. The van der Waals surface area contributed by atoms with Gasteiger partial charge in [-0.05, 0) is 0 Å². The van der Waals surface area contributed by atoms with Crippen LogP contribution in [0.2, 0.25) is 0 Å². The van der Waals surface area contributed by atoms with E-state index in [1.54, 1.807) is 0 Å². The molecule has 0 bridgehead atoms. The van der Waals surface area contributed by atoms with Crippen molar-refractivity contribution in [1.82, 2.24) is 0 Å². The lowest BCUT2D eigenvalue weighted by Crippen LogP contribution is -2.61. The van der Waals surface area contributed by atoms with Crippen molar-refractivity contribution in [3.8, 4) is 0 Å². The van der Waals surface area contributed by atoms with Gasteiger partial charge < -0.3 is 4.74 Å². The van der Waals surface area contributed by atoms with Crippen molar-refractivity contribution in [3.05, 3.63) is 12.7 Å². The average molecular weight is 318 g/mol. The Balaban J connectivity index is 5.26. The number of rotatable bonds is 6. The molecule has 2 nitrogen and oxygen atoms in total. The van der Waals surface area contributed by atoms with Gasteiger partial charge in [-0.3, -0.25) is 4.79 Å². The molecule has 118 valence electrons. The Morgan fingerprint density at radius 1 is 0.950 bits per heavy atom. The molecule has 11 heteroatoms. The third kappa shape index (κ3) is 3.37. The van der Waals surface area contributed by atoms with Crippen molar-refractivity contribution < 1.29 is 49.0 Å². The zero-order valence-corrected chi connectivity index (χ0v) is 9.42. The molecule has 0 saturated carbocycles. The molecule has 0 aromatic rings. The maximum atomic E-state index is 12.8. The fourth-order valence-corrected chi connectivity index (χ4v) is 0.903. The summed E-state index contributed by atoms with van der Waals surface area (Å²) in [7, 11) is 0. The van der Waals surface area contributed by atoms with Crippen molar-refractivity contribution in [2.45, 2.75) is 30.4 Å². The van der Waals surface area contributed by atoms with Gasteiger partial charge >= 0.3 is 29.9 Å². The number of hydrogen-bond donors (Lipinski definition) is 0. The van der Waals surface area contributed by atoms with Gasteiger partial charge in [0.1, 0.15) is 13.0 Å². The van der Waals surface area contributed by atoms with Crippen LogP contribution < -0.4 is 0 Å². The molecule has 0 aromatic heterocycles. The Morgan fingerprint density at radius 2 is 1.40 bits per heavy atom. The first-order valence-electron chi connectivity index (χ1n) is 4.67. The molecule has 0 heterocycles. The summed E-state index contributed by atoms with van der Waals surface area (Å²) in [6.07, 6.45) is -8.71. The van der Waals surface area contributed by atoms with E-state index < -0.39 is 42.9 Å². The monoisotopic (exact) mass is 318 g/mol. The van der Waals surface area contributed by atoms with E-state index >= 15 is 0 Å². The highest BCUT2D eigenvalue weighted by Crippen LogP contribution is 2.54. The van der Waals surface area contributed by atoms with Crippen LogP contribution in [0.4, 0.5) is 39.5 Å². The normalized spacial score (nSPS) is 14.1. The van der Waals surface area contributed by atoms with Crippen LogP contribution in [0.5, 0.6) is 0 Å². The molecule has 0 unspecified atom stereocenters. The molecule has 0 fully saturated rings. The fourth-order valence-electron chi connectivity index (χ4n) is 0.903. The fraction of sp³-hybridized carbons (Fsp3) is 0.667. The van der Waals surface area contributed by atoms with Gasteiger partial charge in [0.25, 0.3) is 0 Å². The second-order valence-corrected chi connectivity index (χ2v) is 3.50. The molecule has 0 radical (unpaired) electrons. The van der Waals surface area contributed by atoms with E-state index in [1.165, 1.54) is 0 Å².